The average molecular weight is 314 g/mol. The SMILES string of the molecule is NC(COc1cccc(Cl)c1)Cc1ccc(F)cc1Cl. The van der Waals surface area contributed by atoms with Gasteiger partial charge in [-0.3, -0.25) is 0 Å². The van der Waals surface area contributed by atoms with Crippen LogP contribution in [0.1, 0.15) is 5.56 Å². The summed E-state index contributed by atoms with van der Waals surface area (Å²) in [5.74, 6) is 0.306. The first-order valence-corrected chi connectivity index (χ1v) is 6.88. The van der Waals surface area contributed by atoms with Crippen molar-refractivity contribution in [3.05, 3.63) is 63.9 Å². The number of benzene rings is 2. The maximum atomic E-state index is 12.9. The van der Waals surface area contributed by atoms with Gasteiger partial charge in [-0.05, 0) is 42.3 Å². The van der Waals surface area contributed by atoms with Crippen molar-refractivity contribution in [1.29, 1.82) is 0 Å². The Balaban J connectivity index is 1.90. The molecule has 0 amide bonds. The van der Waals surface area contributed by atoms with E-state index in [1.807, 2.05) is 6.07 Å². The Bertz CT molecular complexity index is 592. The van der Waals surface area contributed by atoms with Crippen molar-refractivity contribution >= 4 is 23.2 Å². The molecule has 0 saturated carbocycles. The van der Waals surface area contributed by atoms with Crippen molar-refractivity contribution in [2.24, 2.45) is 5.73 Å². The van der Waals surface area contributed by atoms with Crippen LogP contribution in [0.15, 0.2) is 42.5 Å². The molecule has 1 atom stereocenters. The van der Waals surface area contributed by atoms with Crippen LogP contribution in [0.3, 0.4) is 0 Å². The fourth-order valence-electron chi connectivity index (χ4n) is 1.79. The van der Waals surface area contributed by atoms with Gasteiger partial charge in [0.2, 0.25) is 0 Å². The van der Waals surface area contributed by atoms with Crippen molar-refractivity contribution in [3.8, 4) is 5.75 Å². The van der Waals surface area contributed by atoms with E-state index < -0.39 is 0 Å². The summed E-state index contributed by atoms with van der Waals surface area (Å²) in [6, 6.07) is 11.1. The molecule has 2 nitrogen and oxygen atoms in total. The lowest BCUT2D eigenvalue weighted by Crippen LogP contribution is -2.30. The van der Waals surface area contributed by atoms with Crippen LogP contribution in [0.5, 0.6) is 5.75 Å². The van der Waals surface area contributed by atoms with E-state index in [0.717, 1.165) is 5.56 Å². The summed E-state index contributed by atoms with van der Waals surface area (Å²) >= 11 is 11.8. The molecule has 0 heterocycles. The molecule has 20 heavy (non-hydrogen) atoms. The second kappa shape index (κ2) is 6.93. The van der Waals surface area contributed by atoms with Gasteiger partial charge in [0.15, 0.2) is 0 Å². The van der Waals surface area contributed by atoms with Crippen LogP contribution < -0.4 is 10.5 Å². The Kier molecular flexibility index (Phi) is 5.24. The van der Waals surface area contributed by atoms with Gasteiger partial charge in [0.25, 0.3) is 0 Å². The smallest absolute Gasteiger partial charge is 0.124 e. The van der Waals surface area contributed by atoms with Crippen molar-refractivity contribution < 1.29 is 9.13 Å². The standard InChI is InChI=1S/C15H14Cl2FNO/c16-11-2-1-3-14(7-11)20-9-13(19)6-10-4-5-12(18)8-15(10)17/h1-5,7-8,13H,6,9,19H2. The lowest BCUT2D eigenvalue weighted by Gasteiger charge is -2.14. The highest BCUT2D eigenvalue weighted by Crippen LogP contribution is 2.20. The monoisotopic (exact) mass is 313 g/mol. The summed E-state index contributed by atoms with van der Waals surface area (Å²) in [6.45, 7) is 0.327. The number of rotatable bonds is 5. The third-order valence-corrected chi connectivity index (χ3v) is 3.34. The van der Waals surface area contributed by atoms with Gasteiger partial charge in [-0.1, -0.05) is 35.3 Å². The first kappa shape index (κ1) is 15.1. The number of halogens is 3. The van der Waals surface area contributed by atoms with E-state index in [9.17, 15) is 4.39 Å². The lowest BCUT2D eigenvalue weighted by molar-refractivity contribution is 0.287. The van der Waals surface area contributed by atoms with Crippen LogP contribution in [-0.4, -0.2) is 12.6 Å². The molecular weight excluding hydrogens is 300 g/mol. The molecule has 0 aliphatic heterocycles. The predicted molar refractivity (Wildman–Crippen MR) is 80.0 cm³/mol. The van der Waals surface area contributed by atoms with Gasteiger partial charge in [-0.15, -0.1) is 0 Å². The van der Waals surface area contributed by atoms with E-state index in [1.165, 1.54) is 12.1 Å². The van der Waals surface area contributed by atoms with Gasteiger partial charge in [-0.2, -0.15) is 0 Å². The largest absolute Gasteiger partial charge is 0.492 e. The average Bonchev–Trinajstić information content (AvgIpc) is 2.40. The Morgan fingerprint density at radius 1 is 1.15 bits per heavy atom. The zero-order valence-corrected chi connectivity index (χ0v) is 12.2. The predicted octanol–water partition coefficient (Wildman–Crippen LogP) is 4.08. The topological polar surface area (TPSA) is 35.2 Å². The molecule has 106 valence electrons. The Morgan fingerprint density at radius 2 is 1.95 bits per heavy atom. The maximum absolute atomic E-state index is 12.9. The first-order valence-electron chi connectivity index (χ1n) is 6.12. The van der Waals surface area contributed by atoms with E-state index in [-0.39, 0.29) is 11.9 Å². The minimum absolute atomic E-state index is 0.239. The van der Waals surface area contributed by atoms with E-state index in [1.54, 1.807) is 24.3 Å². The quantitative estimate of drug-likeness (QED) is 0.902. The van der Waals surface area contributed by atoms with Crippen LogP contribution in [-0.2, 0) is 6.42 Å². The molecule has 2 aromatic rings. The number of hydrogen-bond donors (Lipinski definition) is 1. The van der Waals surface area contributed by atoms with Crippen LogP contribution in [0.4, 0.5) is 4.39 Å². The molecule has 0 bridgehead atoms. The Morgan fingerprint density at radius 3 is 2.65 bits per heavy atom. The van der Waals surface area contributed by atoms with Gasteiger partial charge < -0.3 is 10.5 Å². The first-order chi connectivity index (χ1) is 9.54. The van der Waals surface area contributed by atoms with Crippen molar-refractivity contribution in [2.45, 2.75) is 12.5 Å². The highest BCUT2D eigenvalue weighted by molar-refractivity contribution is 6.31. The van der Waals surface area contributed by atoms with Gasteiger partial charge in [0.05, 0.1) is 0 Å². The molecule has 2 aromatic carbocycles. The fourth-order valence-corrected chi connectivity index (χ4v) is 2.21. The van der Waals surface area contributed by atoms with Crippen LogP contribution in [0, 0.1) is 5.82 Å². The number of nitrogens with two attached hydrogens (primary N) is 1. The summed E-state index contributed by atoms with van der Waals surface area (Å²) in [5, 5.41) is 0.987. The molecule has 0 radical (unpaired) electrons. The second-order valence-corrected chi connectivity index (χ2v) is 5.31. The summed E-state index contributed by atoms with van der Waals surface area (Å²) < 4.78 is 18.5. The maximum Gasteiger partial charge on any atom is 0.124 e. The van der Waals surface area contributed by atoms with Gasteiger partial charge in [-0.25, -0.2) is 4.39 Å². The summed E-state index contributed by atoms with van der Waals surface area (Å²) in [6.07, 6.45) is 0.514. The van der Waals surface area contributed by atoms with E-state index in [2.05, 4.69) is 0 Å². The Hall–Kier alpha value is -1.29. The second-order valence-electron chi connectivity index (χ2n) is 4.47. The van der Waals surface area contributed by atoms with Crippen molar-refractivity contribution in [2.75, 3.05) is 6.61 Å². The van der Waals surface area contributed by atoms with Gasteiger partial charge >= 0.3 is 0 Å². The summed E-state index contributed by atoms with van der Waals surface area (Å²) in [4.78, 5) is 0. The molecule has 0 aliphatic carbocycles. The van der Waals surface area contributed by atoms with Crippen LogP contribution >= 0.6 is 23.2 Å². The molecule has 2 rings (SSSR count). The summed E-state index contributed by atoms with van der Waals surface area (Å²) in [5.41, 5.74) is 6.79. The van der Waals surface area contributed by atoms with Crippen molar-refractivity contribution in [3.63, 3.8) is 0 Å². The van der Waals surface area contributed by atoms with Gasteiger partial charge in [0.1, 0.15) is 18.2 Å². The Labute approximate surface area is 127 Å². The van der Waals surface area contributed by atoms with Crippen LogP contribution in [0.2, 0.25) is 10.0 Å². The molecule has 0 saturated heterocycles. The molecule has 1 unspecified atom stereocenters. The molecular formula is C15H14Cl2FNO. The normalized spacial score (nSPS) is 12.2. The van der Waals surface area contributed by atoms with E-state index in [4.69, 9.17) is 33.7 Å². The molecule has 0 aliphatic rings. The molecule has 5 heteroatoms. The number of ether oxygens (including phenoxy) is 1. The third kappa shape index (κ3) is 4.37. The number of hydrogen-bond acceptors (Lipinski definition) is 2. The molecule has 2 N–H and O–H groups in total. The zero-order chi connectivity index (χ0) is 14.5. The van der Waals surface area contributed by atoms with Crippen LogP contribution in [0.25, 0.3) is 0 Å². The highest BCUT2D eigenvalue weighted by atomic mass is 35.5. The lowest BCUT2D eigenvalue weighted by atomic mass is 10.1. The minimum atomic E-state index is -0.359. The fraction of sp³-hybridized carbons (Fsp3) is 0.200. The molecule has 0 aromatic heterocycles. The summed E-state index contributed by atoms with van der Waals surface area (Å²) in [7, 11) is 0. The van der Waals surface area contributed by atoms with Gasteiger partial charge in [0, 0.05) is 16.1 Å². The third-order valence-electron chi connectivity index (χ3n) is 2.76. The van der Waals surface area contributed by atoms with E-state index >= 15 is 0 Å². The zero-order valence-electron chi connectivity index (χ0n) is 10.7. The minimum Gasteiger partial charge on any atom is -0.492 e. The molecule has 0 fully saturated rings. The van der Waals surface area contributed by atoms with E-state index in [0.29, 0.717) is 28.8 Å². The highest BCUT2D eigenvalue weighted by Gasteiger charge is 2.09. The molecule has 0 spiro atoms. The van der Waals surface area contributed by atoms with Crippen molar-refractivity contribution in [1.82, 2.24) is 0 Å².